The van der Waals surface area contributed by atoms with E-state index in [1.165, 1.54) is 0 Å². The van der Waals surface area contributed by atoms with E-state index in [2.05, 4.69) is 4.98 Å². The molecule has 3 nitrogen and oxygen atoms in total. The molecule has 0 aliphatic carbocycles. The van der Waals surface area contributed by atoms with Crippen LogP contribution in [0.25, 0.3) is 0 Å². The molecule has 1 aromatic carbocycles. The molecule has 0 radical (unpaired) electrons. The Labute approximate surface area is 134 Å². The summed E-state index contributed by atoms with van der Waals surface area (Å²) in [4.78, 5) is 4.39. The van der Waals surface area contributed by atoms with Gasteiger partial charge in [0.25, 0.3) is 0 Å². The van der Waals surface area contributed by atoms with Gasteiger partial charge in [0.05, 0.1) is 13.2 Å². The third-order valence-corrected chi connectivity index (χ3v) is 4.03. The second kappa shape index (κ2) is 6.65. The number of halogens is 2. The Morgan fingerprint density at radius 2 is 2.00 bits per heavy atom. The molecule has 0 aliphatic rings. The van der Waals surface area contributed by atoms with E-state index >= 15 is 0 Å². The van der Waals surface area contributed by atoms with Crippen LogP contribution in [0.15, 0.2) is 24.4 Å². The number of aliphatic hydroxyl groups excluding tert-OH is 1. The van der Waals surface area contributed by atoms with E-state index in [-0.39, 0.29) is 0 Å². The van der Waals surface area contributed by atoms with E-state index in [9.17, 15) is 5.11 Å². The first-order chi connectivity index (χ1) is 9.93. The van der Waals surface area contributed by atoms with Gasteiger partial charge in [-0.2, -0.15) is 0 Å². The Bertz CT molecular complexity index is 659. The lowest BCUT2D eigenvalue weighted by Crippen LogP contribution is -2.07. The summed E-state index contributed by atoms with van der Waals surface area (Å²) in [5, 5.41) is 11.4. The maximum atomic E-state index is 10.4. The van der Waals surface area contributed by atoms with E-state index in [0.29, 0.717) is 22.0 Å². The molecule has 112 valence electrons. The Morgan fingerprint density at radius 3 is 2.67 bits per heavy atom. The van der Waals surface area contributed by atoms with E-state index in [1.807, 2.05) is 13.8 Å². The summed E-state index contributed by atoms with van der Waals surface area (Å²) in [6, 6.07) is 5.05. The minimum Gasteiger partial charge on any atom is -0.496 e. The highest BCUT2D eigenvalue weighted by atomic mass is 35.5. The zero-order chi connectivity index (χ0) is 15.6. The lowest BCUT2D eigenvalue weighted by Gasteiger charge is -2.16. The van der Waals surface area contributed by atoms with E-state index in [0.717, 1.165) is 22.6 Å². The van der Waals surface area contributed by atoms with Gasteiger partial charge in [-0.3, -0.25) is 4.98 Å². The van der Waals surface area contributed by atoms with Crippen LogP contribution in [0.5, 0.6) is 5.75 Å². The fourth-order valence-corrected chi connectivity index (χ4v) is 2.76. The second-order valence-corrected chi connectivity index (χ2v) is 5.78. The van der Waals surface area contributed by atoms with Crippen LogP contribution in [-0.2, 0) is 6.42 Å². The van der Waals surface area contributed by atoms with Crippen LogP contribution in [0.4, 0.5) is 0 Å². The van der Waals surface area contributed by atoms with Crippen LogP contribution in [0.1, 0.15) is 28.5 Å². The van der Waals surface area contributed by atoms with Gasteiger partial charge < -0.3 is 9.84 Å². The first kappa shape index (κ1) is 16.1. The highest BCUT2D eigenvalue weighted by Gasteiger charge is 2.17. The molecule has 0 saturated heterocycles. The first-order valence-electron chi connectivity index (χ1n) is 6.56. The fourth-order valence-electron chi connectivity index (χ4n) is 2.34. The van der Waals surface area contributed by atoms with Crippen molar-refractivity contribution in [3.63, 3.8) is 0 Å². The Hall–Kier alpha value is -1.29. The molecule has 2 aromatic rings. The van der Waals surface area contributed by atoms with Crippen molar-refractivity contribution in [2.24, 2.45) is 0 Å². The van der Waals surface area contributed by atoms with Gasteiger partial charge in [0.1, 0.15) is 5.75 Å². The number of benzene rings is 1. The molecule has 5 heteroatoms. The third-order valence-electron chi connectivity index (χ3n) is 3.45. The molecule has 0 spiro atoms. The van der Waals surface area contributed by atoms with Gasteiger partial charge in [-0.1, -0.05) is 23.2 Å². The topological polar surface area (TPSA) is 42.4 Å². The molecule has 1 N–H and O–H groups in total. The largest absolute Gasteiger partial charge is 0.496 e. The first-order valence-corrected chi connectivity index (χ1v) is 7.31. The third kappa shape index (κ3) is 3.49. The number of aliphatic hydroxyl groups is 1. The van der Waals surface area contributed by atoms with Gasteiger partial charge in [0, 0.05) is 45.0 Å². The fraction of sp³-hybridized carbons (Fsp3) is 0.312. The predicted octanol–water partition coefficient (Wildman–Crippen LogP) is 4.29. The maximum Gasteiger partial charge on any atom is 0.128 e. The predicted molar refractivity (Wildman–Crippen MR) is 85.4 cm³/mol. The number of nitrogens with zero attached hydrogens (tertiary/aromatic N) is 1. The number of aryl methyl sites for hydroxylation is 1. The minimum absolute atomic E-state index is 0.350. The molecule has 0 aliphatic heterocycles. The number of pyridine rings is 1. The molecule has 0 bridgehead atoms. The molecule has 1 unspecified atom stereocenters. The Balaban J connectivity index is 2.32. The average molecular weight is 326 g/mol. The summed E-state index contributed by atoms with van der Waals surface area (Å²) in [5.41, 5.74) is 3.27. The van der Waals surface area contributed by atoms with Gasteiger partial charge in [0.15, 0.2) is 0 Å². The van der Waals surface area contributed by atoms with Crippen LogP contribution < -0.4 is 4.74 Å². The minimum atomic E-state index is -0.769. The summed E-state index contributed by atoms with van der Waals surface area (Å²) < 4.78 is 5.38. The van der Waals surface area contributed by atoms with E-state index < -0.39 is 6.10 Å². The molecule has 1 atom stereocenters. The quantitative estimate of drug-likeness (QED) is 0.911. The summed E-state index contributed by atoms with van der Waals surface area (Å²) in [7, 11) is 1.63. The SMILES string of the molecule is COc1c(C)cnc(CC(O)c2cc(Cl)ccc2Cl)c1C. The maximum absolute atomic E-state index is 10.4. The smallest absolute Gasteiger partial charge is 0.128 e. The van der Waals surface area contributed by atoms with Crippen LogP contribution in [-0.4, -0.2) is 17.2 Å². The van der Waals surface area contributed by atoms with Crippen LogP contribution in [0.3, 0.4) is 0 Å². The molecule has 2 rings (SSSR count). The highest BCUT2D eigenvalue weighted by Crippen LogP contribution is 2.31. The van der Waals surface area contributed by atoms with Crippen molar-refractivity contribution in [2.45, 2.75) is 26.4 Å². The van der Waals surface area contributed by atoms with Crippen molar-refractivity contribution in [1.29, 1.82) is 0 Å². The molecule has 21 heavy (non-hydrogen) atoms. The molecule has 1 aromatic heterocycles. The zero-order valence-electron chi connectivity index (χ0n) is 12.2. The number of rotatable bonds is 4. The number of aromatic nitrogens is 1. The zero-order valence-corrected chi connectivity index (χ0v) is 13.7. The van der Waals surface area contributed by atoms with Crippen LogP contribution >= 0.6 is 23.2 Å². The van der Waals surface area contributed by atoms with Gasteiger partial charge in [-0.25, -0.2) is 0 Å². The van der Waals surface area contributed by atoms with Crippen molar-refractivity contribution < 1.29 is 9.84 Å². The van der Waals surface area contributed by atoms with Gasteiger partial charge in [0.2, 0.25) is 0 Å². The van der Waals surface area contributed by atoms with Crippen LogP contribution in [0.2, 0.25) is 10.0 Å². The monoisotopic (exact) mass is 325 g/mol. The summed E-state index contributed by atoms with van der Waals surface area (Å²) in [6.07, 6.45) is 1.32. The van der Waals surface area contributed by atoms with Crippen molar-refractivity contribution >= 4 is 23.2 Å². The molecular formula is C16H17Cl2NO2. The van der Waals surface area contributed by atoms with Crippen LogP contribution in [0, 0.1) is 13.8 Å². The molecular weight excluding hydrogens is 309 g/mol. The Morgan fingerprint density at radius 1 is 1.29 bits per heavy atom. The van der Waals surface area contributed by atoms with Crippen molar-refractivity contribution in [3.05, 3.63) is 56.8 Å². The van der Waals surface area contributed by atoms with E-state index in [1.54, 1.807) is 31.5 Å². The number of hydrogen-bond donors (Lipinski definition) is 1. The average Bonchev–Trinajstić information content (AvgIpc) is 2.45. The number of ether oxygens (including phenoxy) is 1. The summed E-state index contributed by atoms with van der Waals surface area (Å²) in [5.74, 6) is 0.796. The molecule has 0 saturated carbocycles. The van der Waals surface area contributed by atoms with Crippen molar-refractivity contribution in [1.82, 2.24) is 4.98 Å². The number of hydrogen-bond acceptors (Lipinski definition) is 3. The lowest BCUT2D eigenvalue weighted by molar-refractivity contribution is 0.177. The van der Waals surface area contributed by atoms with E-state index in [4.69, 9.17) is 27.9 Å². The molecule has 1 heterocycles. The lowest BCUT2D eigenvalue weighted by atomic mass is 10.0. The van der Waals surface area contributed by atoms with Crippen molar-refractivity contribution in [3.8, 4) is 5.75 Å². The van der Waals surface area contributed by atoms with Gasteiger partial charge in [-0.05, 0) is 32.0 Å². The molecule has 0 fully saturated rings. The highest BCUT2D eigenvalue weighted by molar-refractivity contribution is 6.33. The summed E-state index contributed by atoms with van der Waals surface area (Å²) >= 11 is 12.1. The van der Waals surface area contributed by atoms with Gasteiger partial charge >= 0.3 is 0 Å². The number of methoxy groups -OCH3 is 1. The summed E-state index contributed by atoms with van der Waals surface area (Å²) in [6.45, 7) is 3.87. The standard InChI is InChI=1S/C16H17Cl2NO2/c1-9-8-19-14(10(2)16(9)21-3)7-15(20)12-6-11(17)4-5-13(12)18/h4-6,8,15,20H,7H2,1-3H3. The Kier molecular flexibility index (Phi) is 5.09. The van der Waals surface area contributed by atoms with Gasteiger partial charge in [-0.15, -0.1) is 0 Å². The second-order valence-electron chi connectivity index (χ2n) is 4.93. The van der Waals surface area contributed by atoms with Crippen molar-refractivity contribution in [2.75, 3.05) is 7.11 Å². The normalized spacial score (nSPS) is 12.3. The molecule has 0 amide bonds.